The van der Waals surface area contributed by atoms with E-state index in [2.05, 4.69) is 5.32 Å². The normalized spacial score (nSPS) is 13.1. The summed E-state index contributed by atoms with van der Waals surface area (Å²) in [6.45, 7) is 6.70. The monoisotopic (exact) mass is 245 g/mol. The molecule has 0 amide bonds. The molecule has 1 atom stereocenters. The van der Waals surface area contributed by atoms with Gasteiger partial charge >= 0.3 is 0 Å². The highest BCUT2D eigenvalue weighted by Crippen LogP contribution is 2.18. The molecule has 0 aromatic heterocycles. The van der Waals surface area contributed by atoms with Crippen LogP contribution in [0.3, 0.4) is 0 Å². The highest BCUT2D eigenvalue weighted by atomic mass is 19.2. The van der Waals surface area contributed by atoms with Crippen LogP contribution in [0.2, 0.25) is 0 Å². The smallest absolute Gasteiger partial charge is 0.194 e. The van der Waals surface area contributed by atoms with Gasteiger partial charge in [0.1, 0.15) is 0 Å². The minimum absolute atomic E-state index is 0.164. The van der Waals surface area contributed by atoms with E-state index in [1.165, 1.54) is 6.07 Å². The van der Waals surface area contributed by atoms with Gasteiger partial charge in [0.05, 0.1) is 0 Å². The van der Waals surface area contributed by atoms with Crippen LogP contribution in [0.25, 0.3) is 0 Å². The lowest BCUT2D eigenvalue weighted by Gasteiger charge is -2.15. The lowest BCUT2D eigenvalue weighted by Crippen LogP contribution is -2.28. The molecule has 0 saturated carbocycles. The number of halogens is 3. The van der Waals surface area contributed by atoms with Gasteiger partial charge in [0.25, 0.3) is 0 Å². The Labute approximate surface area is 100 Å². The molecule has 1 aromatic rings. The van der Waals surface area contributed by atoms with Crippen LogP contribution >= 0.6 is 0 Å². The molecule has 96 valence electrons. The molecule has 0 aliphatic carbocycles. The van der Waals surface area contributed by atoms with E-state index < -0.39 is 17.5 Å². The van der Waals surface area contributed by atoms with Gasteiger partial charge < -0.3 is 5.32 Å². The summed E-state index contributed by atoms with van der Waals surface area (Å²) in [4.78, 5) is 0. The van der Waals surface area contributed by atoms with Crippen LogP contribution in [0.4, 0.5) is 13.2 Å². The van der Waals surface area contributed by atoms with Crippen molar-refractivity contribution in [3.8, 4) is 0 Å². The molecule has 1 N–H and O–H groups in total. The van der Waals surface area contributed by atoms with Crippen molar-refractivity contribution >= 4 is 0 Å². The molecular weight excluding hydrogens is 227 g/mol. The SMILES string of the molecule is CC(CNC(C)C)Cc1ccc(F)c(F)c1F. The average Bonchev–Trinajstić information content (AvgIpc) is 2.27. The third-order valence-electron chi connectivity index (χ3n) is 2.56. The van der Waals surface area contributed by atoms with Crippen LogP contribution in [0, 0.1) is 23.4 Å². The van der Waals surface area contributed by atoms with E-state index in [0.29, 0.717) is 12.5 Å². The minimum Gasteiger partial charge on any atom is -0.314 e. The van der Waals surface area contributed by atoms with Crippen molar-refractivity contribution in [3.63, 3.8) is 0 Å². The Balaban J connectivity index is 2.65. The maximum atomic E-state index is 13.4. The molecule has 1 rings (SSSR count). The second-order valence-electron chi connectivity index (χ2n) is 4.71. The second kappa shape index (κ2) is 6.05. The van der Waals surface area contributed by atoms with Gasteiger partial charge in [0.2, 0.25) is 0 Å². The molecule has 0 spiro atoms. The summed E-state index contributed by atoms with van der Waals surface area (Å²) < 4.78 is 39.1. The zero-order chi connectivity index (χ0) is 13.0. The van der Waals surface area contributed by atoms with Gasteiger partial charge in [-0.15, -0.1) is 0 Å². The highest BCUT2D eigenvalue weighted by Gasteiger charge is 2.15. The van der Waals surface area contributed by atoms with Crippen molar-refractivity contribution in [1.29, 1.82) is 0 Å². The van der Waals surface area contributed by atoms with Crippen LogP contribution < -0.4 is 5.32 Å². The lowest BCUT2D eigenvalue weighted by atomic mass is 10.00. The number of nitrogens with one attached hydrogen (secondary N) is 1. The highest BCUT2D eigenvalue weighted by molar-refractivity contribution is 5.20. The summed E-state index contributed by atoms with van der Waals surface area (Å²) in [6, 6.07) is 2.63. The number of benzene rings is 1. The molecule has 0 aliphatic rings. The van der Waals surface area contributed by atoms with Crippen molar-refractivity contribution < 1.29 is 13.2 Å². The summed E-state index contributed by atoms with van der Waals surface area (Å²) >= 11 is 0. The summed E-state index contributed by atoms with van der Waals surface area (Å²) in [6.07, 6.45) is 0.392. The van der Waals surface area contributed by atoms with E-state index in [1.54, 1.807) is 0 Å². The molecule has 17 heavy (non-hydrogen) atoms. The van der Waals surface area contributed by atoms with Crippen LogP contribution in [0.1, 0.15) is 26.3 Å². The summed E-state index contributed by atoms with van der Waals surface area (Å²) in [5, 5.41) is 3.22. The fourth-order valence-corrected chi connectivity index (χ4v) is 1.61. The van der Waals surface area contributed by atoms with Gasteiger partial charge in [-0.25, -0.2) is 13.2 Å². The molecule has 0 fully saturated rings. The largest absolute Gasteiger partial charge is 0.314 e. The van der Waals surface area contributed by atoms with Crippen molar-refractivity contribution in [2.45, 2.75) is 33.2 Å². The quantitative estimate of drug-likeness (QED) is 0.785. The van der Waals surface area contributed by atoms with Crippen LogP contribution in [-0.2, 0) is 6.42 Å². The van der Waals surface area contributed by atoms with E-state index >= 15 is 0 Å². The molecule has 0 radical (unpaired) electrons. The van der Waals surface area contributed by atoms with Crippen molar-refractivity contribution in [3.05, 3.63) is 35.1 Å². The van der Waals surface area contributed by atoms with Crippen LogP contribution in [0.5, 0.6) is 0 Å². The van der Waals surface area contributed by atoms with Crippen molar-refractivity contribution in [2.75, 3.05) is 6.54 Å². The first kappa shape index (κ1) is 14.0. The Bertz CT molecular complexity index is 377. The first-order chi connectivity index (χ1) is 7.91. The third kappa shape index (κ3) is 4.04. The molecule has 4 heteroatoms. The maximum absolute atomic E-state index is 13.4. The topological polar surface area (TPSA) is 12.0 Å². The van der Waals surface area contributed by atoms with Gasteiger partial charge in [0.15, 0.2) is 17.5 Å². The van der Waals surface area contributed by atoms with Gasteiger partial charge in [-0.1, -0.05) is 26.8 Å². The first-order valence-electron chi connectivity index (χ1n) is 5.77. The third-order valence-corrected chi connectivity index (χ3v) is 2.56. The summed E-state index contributed by atoms with van der Waals surface area (Å²) in [7, 11) is 0. The molecule has 1 aromatic carbocycles. The standard InChI is InChI=1S/C13H18F3N/c1-8(2)17-7-9(3)6-10-4-5-11(14)13(16)12(10)15/h4-5,8-9,17H,6-7H2,1-3H3. The zero-order valence-corrected chi connectivity index (χ0v) is 10.4. The Morgan fingerprint density at radius 1 is 1.06 bits per heavy atom. The summed E-state index contributed by atoms with van der Waals surface area (Å²) in [5.74, 6) is -3.43. The zero-order valence-electron chi connectivity index (χ0n) is 10.4. The summed E-state index contributed by atoms with van der Waals surface area (Å²) in [5.41, 5.74) is 0.224. The van der Waals surface area contributed by atoms with E-state index in [0.717, 1.165) is 12.6 Å². The van der Waals surface area contributed by atoms with Crippen molar-refractivity contribution in [1.82, 2.24) is 5.32 Å². The number of hydrogen-bond donors (Lipinski definition) is 1. The predicted octanol–water partition coefficient (Wildman–Crippen LogP) is 3.28. The molecular formula is C13H18F3N. The Hall–Kier alpha value is -1.03. The average molecular weight is 245 g/mol. The van der Waals surface area contributed by atoms with Gasteiger partial charge in [-0.05, 0) is 30.5 Å². The molecule has 0 saturated heterocycles. The van der Waals surface area contributed by atoms with Gasteiger partial charge in [-0.3, -0.25) is 0 Å². The first-order valence-corrected chi connectivity index (χ1v) is 5.77. The molecule has 1 nitrogen and oxygen atoms in total. The Morgan fingerprint density at radius 2 is 1.71 bits per heavy atom. The second-order valence-corrected chi connectivity index (χ2v) is 4.71. The fourth-order valence-electron chi connectivity index (χ4n) is 1.61. The van der Waals surface area contributed by atoms with Crippen LogP contribution in [-0.4, -0.2) is 12.6 Å². The molecule has 0 aliphatic heterocycles. The number of hydrogen-bond acceptors (Lipinski definition) is 1. The lowest BCUT2D eigenvalue weighted by molar-refractivity contribution is 0.427. The van der Waals surface area contributed by atoms with E-state index in [9.17, 15) is 13.2 Å². The molecule has 0 heterocycles. The number of rotatable bonds is 5. The van der Waals surface area contributed by atoms with Crippen molar-refractivity contribution in [2.24, 2.45) is 5.92 Å². The Morgan fingerprint density at radius 3 is 2.29 bits per heavy atom. The maximum Gasteiger partial charge on any atom is 0.194 e. The molecule has 0 bridgehead atoms. The minimum atomic E-state index is -1.38. The predicted molar refractivity (Wildman–Crippen MR) is 62.3 cm³/mol. The van der Waals surface area contributed by atoms with Crippen LogP contribution in [0.15, 0.2) is 12.1 Å². The van der Waals surface area contributed by atoms with E-state index in [1.807, 2.05) is 20.8 Å². The fraction of sp³-hybridized carbons (Fsp3) is 0.538. The Kier molecular flexibility index (Phi) is 5.00. The van der Waals surface area contributed by atoms with E-state index in [4.69, 9.17) is 0 Å². The van der Waals surface area contributed by atoms with Gasteiger partial charge in [0, 0.05) is 6.04 Å². The van der Waals surface area contributed by atoms with E-state index in [-0.39, 0.29) is 11.5 Å². The molecule has 1 unspecified atom stereocenters. The van der Waals surface area contributed by atoms with Gasteiger partial charge in [-0.2, -0.15) is 0 Å².